The Morgan fingerprint density at radius 2 is 1.48 bits per heavy atom. The number of hydrogen-bond donors (Lipinski definition) is 2. The van der Waals surface area contributed by atoms with Gasteiger partial charge >= 0.3 is 6.18 Å². The molecule has 0 saturated carbocycles. The fourth-order valence-corrected chi connectivity index (χ4v) is 6.21. The van der Waals surface area contributed by atoms with Gasteiger partial charge in [0.1, 0.15) is 6.10 Å². The highest BCUT2D eigenvalue weighted by Crippen LogP contribution is 2.36. The zero-order valence-electron chi connectivity index (χ0n) is 29.4. The molecule has 0 spiro atoms. The van der Waals surface area contributed by atoms with Crippen LogP contribution < -0.4 is 10.1 Å². The summed E-state index contributed by atoms with van der Waals surface area (Å²) in [4.78, 5) is 30.4. The first-order valence-electron chi connectivity index (χ1n) is 16.9. The number of carbonyl (C=O) groups excluding carboxylic acids is 2. The summed E-state index contributed by atoms with van der Waals surface area (Å²) in [6.07, 6.45) is -5.90. The third-order valence-electron chi connectivity index (χ3n) is 9.26. The summed E-state index contributed by atoms with van der Waals surface area (Å²) in [5.74, 6) is -11.2. The molecule has 4 aromatic carbocycles. The summed E-state index contributed by atoms with van der Waals surface area (Å²) in [5.41, 5.74) is -0.0961. The molecule has 54 heavy (non-hydrogen) atoms. The maximum atomic E-state index is 14.2. The number of aliphatic hydroxyl groups excluding tert-OH is 1. The van der Waals surface area contributed by atoms with Crippen LogP contribution in [0, 0.1) is 35.0 Å². The second-order valence-corrected chi connectivity index (χ2v) is 13.5. The number of carbonyl (C=O) groups is 2. The molecule has 3 atom stereocenters. The van der Waals surface area contributed by atoms with Crippen LogP contribution in [-0.2, 0) is 30.4 Å². The number of nitrogens with one attached hydrogen (secondary N) is 1. The van der Waals surface area contributed by atoms with Gasteiger partial charge in [-0.25, -0.2) is 22.0 Å². The summed E-state index contributed by atoms with van der Waals surface area (Å²) in [6, 6.07) is 14.6. The van der Waals surface area contributed by atoms with Gasteiger partial charge in [0.15, 0.2) is 29.0 Å². The van der Waals surface area contributed by atoms with Crippen molar-refractivity contribution in [2.24, 2.45) is 5.92 Å². The number of aliphatic hydroxyl groups is 1. The minimum absolute atomic E-state index is 0.0841. The molecule has 0 fully saturated rings. The van der Waals surface area contributed by atoms with Crippen molar-refractivity contribution in [1.29, 1.82) is 0 Å². The van der Waals surface area contributed by atoms with Crippen molar-refractivity contribution in [3.05, 3.63) is 129 Å². The predicted molar refractivity (Wildman–Crippen MR) is 183 cm³/mol. The average molecular weight is 764 g/mol. The Labute approximate surface area is 306 Å². The SMILES string of the molecule is C[C@@H]1CN([C@@H](C)CO)C(=O)c2cccc(NC(=O)Cc3ccc(C(F)(F)F)cc3)c2O[C@@H]1CN(C)Cc1ccc(Cc2c(F)c(F)c(F)c(F)c2F)cc1. The molecule has 0 unspecified atom stereocenters. The molecule has 288 valence electrons. The van der Waals surface area contributed by atoms with E-state index in [-0.39, 0.29) is 49.0 Å². The van der Waals surface area contributed by atoms with Crippen LogP contribution in [0.5, 0.6) is 5.75 Å². The Kier molecular flexibility index (Phi) is 12.3. The van der Waals surface area contributed by atoms with Crippen LogP contribution in [0.15, 0.2) is 66.7 Å². The van der Waals surface area contributed by atoms with Crippen LogP contribution in [0.3, 0.4) is 0 Å². The first-order chi connectivity index (χ1) is 25.5. The number of benzene rings is 4. The zero-order valence-corrected chi connectivity index (χ0v) is 29.4. The quantitative estimate of drug-likeness (QED) is 0.0939. The molecule has 2 N–H and O–H groups in total. The number of nitrogens with zero attached hydrogens (tertiary/aromatic N) is 2. The number of fused-ring (bicyclic) bond motifs is 1. The Balaban J connectivity index is 1.34. The average Bonchev–Trinajstić information content (AvgIpc) is 3.13. The van der Waals surface area contributed by atoms with Gasteiger partial charge in [-0.15, -0.1) is 0 Å². The Morgan fingerprint density at radius 3 is 2.07 bits per heavy atom. The molecule has 2 amide bonds. The first-order valence-corrected chi connectivity index (χ1v) is 16.9. The number of anilines is 1. The fourth-order valence-electron chi connectivity index (χ4n) is 6.21. The molecule has 0 aliphatic carbocycles. The van der Waals surface area contributed by atoms with Crippen LogP contribution in [0.25, 0.3) is 0 Å². The summed E-state index contributed by atoms with van der Waals surface area (Å²) < 4.78 is 115. The lowest BCUT2D eigenvalue weighted by molar-refractivity contribution is -0.137. The van der Waals surface area contributed by atoms with E-state index < -0.39 is 76.8 Å². The van der Waals surface area contributed by atoms with Crippen LogP contribution in [0.4, 0.5) is 40.8 Å². The third-order valence-corrected chi connectivity index (χ3v) is 9.26. The van der Waals surface area contributed by atoms with Gasteiger partial charge in [-0.3, -0.25) is 14.5 Å². The third kappa shape index (κ3) is 9.01. The molecule has 15 heteroatoms. The number of alkyl halides is 3. The number of likely N-dealkylation sites (N-methyl/N-ethyl adjacent to an activating group) is 1. The van der Waals surface area contributed by atoms with E-state index in [0.29, 0.717) is 17.7 Å². The van der Waals surface area contributed by atoms with Crippen LogP contribution in [0.1, 0.15) is 52.0 Å². The molecule has 1 aliphatic heterocycles. The molecular formula is C39H37F8N3O4. The number of rotatable bonds is 11. The minimum Gasteiger partial charge on any atom is -0.486 e. The number of halogens is 8. The monoisotopic (exact) mass is 763 g/mol. The van der Waals surface area contributed by atoms with E-state index in [1.54, 1.807) is 32.2 Å². The number of hydrogen-bond acceptors (Lipinski definition) is 5. The molecular weight excluding hydrogens is 726 g/mol. The maximum absolute atomic E-state index is 14.2. The van der Waals surface area contributed by atoms with Crippen LogP contribution >= 0.6 is 0 Å². The number of ether oxygens (including phenoxy) is 1. The molecule has 1 aliphatic rings. The van der Waals surface area contributed by atoms with Gasteiger partial charge in [-0.1, -0.05) is 49.4 Å². The molecule has 0 aromatic heterocycles. The van der Waals surface area contributed by atoms with Crippen molar-refractivity contribution in [2.45, 2.75) is 51.6 Å². The summed E-state index contributed by atoms with van der Waals surface area (Å²) in [7, 11) is 1.80. The van der Waals surface area contributed by atoms with E-state index in [1.807, 2.05) is 11.8 Å². The standard InChI is InChI=1S/C39H37F8N3O4/c1-21-17-50(22(2)20-51)38(53)27-5-4-6-29(48-31(52)16-24-11-13-26(14-12-24)39(45,46)47)37(27)54-30(21)19-49(3)18-25-9-7-23(8-10-25)15-28-32(40)34(42)36(44)35(43)33(28)41/h4-14,21-22,30,51H,15-20H2,1-3H3,(H,48,52)/t21-,22+,30-/m1/s1. The van der Waals surface area contributed by atoms with Gasteiger partial charge < -0.3 is 20.1 Å². The van der Waals surface area contributed by atoms with E-state index in [2.05, 4.69) is 5.32 Å². The van der Waals surface area contributed by atoms with Crippen LogP contribution in [-0.4, -0.2) is 65.6 Å². The summed E-state index contributed by atoms with van der Waals surface area (Å²) in [5, 5.41) is 12.7. The minimum atomic E-state index is -4.53. The van der Waals surface area contributed by atoms with Crippen molar-refractivity contribution in [1.82, 2.24) is 9.80 Å². The summed E-state index contributed by atoms with van der Waals surface area (Å²) >= 11 is 0. The van der Waals surface area contributed by atoms with Gasteiger partial charge in [0.25, 0.3) is 5.91 Å². The van der Waals surface area contributed by atoms with Gasteiger partial charge in [0.05, 0.1) is 35.9 Å². The van der Waals surface area contributed by atoms with E-state index in [1.165, 1.54) is 41.3 Å². The van der Waals surface area contributed by atoms with E-state index in [9.17, 15) is 49.8 Å². The molecule has 0 bridgehead atoms. The molecule has 1 heterocycles. The normalized spacial score (nSPS) is 16.8. The fraction of sp³-hybridized carbons (Fsp3) is 0.333. The highest BCUT2D eigenvalue weighted by molar-refractivity contribution is 6.02. The Bertz CT molecular complexity index is 1960. The van der Waals surface area contributed by atoms with E-state index in [0.717, 1.165) is 17.7 Å². The Morgan fingerprint density at radius 1 is 0.907 bits per heavy atom. The Hall–Kier alpha value is -5.02. The maximum Gasteiger partial charge on any atom is 0.416 e. The smallest absolute Gasteiger partial charge is 0.416 e. The van der Waals surface area contributed by atoms with Crippen molar-refractivity contribution in [3.63, 3.8) is 0 Å². The lowest BCUT2D eigenvalue weighted by atomic mass is 9.98. The van der Waals surface area contributed by atoms with Gasteiger partial charge in [-0.05, 0) is 54.9 Å². The van der Waals surface area contributed by atoms with Gasteiger partial charge in [-0.2, -0.15) is 13.2 Å². The van der Waals surface area contributed by atoms with Crippen molar-refractivity contribution in [3.8, 4) is 5.75 Å². The first kappa shape index (κ1) is 40.2. The number of para-hydroxylation sites is 1. The summed E-state index contributed by atoms with van der Waals surface area (Å²) in [6.45, 7) is 4.09. The highest BCUT2D eigenvalue weighted by Gasteiger charge is 2.35. The second-order valence-electron chi connectivity index (χ2n) is 13.5. The lowest BCUT2D eigenvalue weighted by Crippen LogP contribution is -2.49. The largest absolute Gasteiger partial charge is 0.486 e. The number of amides is 2. The lowest BCUT2D eigenvalue weighted by Gasteiger charge is -2.38. The predicted octanol–water partition coefficient (Wildman–Crippen LogP) is 7.53. The molecule has 7 nitrogen and oxygen atoms in total. The second kappa shape index (κ2) is 16.6. The van der Waals surface area contributed by atoms with Crippen molar-refractivity contribution < 1.29 is 54.6 Å². The topological polar surface area (TPSA) is 82.1 Å². The van der Waals surface area contributed by atoms with Crippen molar-refractivity contribution >= 4 is 17.5 Å². The molecule has 5 rings (SSSR count). The molecule has 0 saturated heterocycles. The van der Waals surface area contributed by atoms with Crippen molar-refractivity contribution in [2.75, 3.05) is 32.1 Å². The van der Waals surface area contributed by atoms with Crippen LogP contribution in [0.2, 0.25) is 0 Å². The van der Waals surface area contributed by atoms with E-state index in [4.69, 9.17) is 4.74 Å². The van der Waals surface area contributed by atoms with Gasteiger partial charge in [0.2, 0.25) is 11.7 Å². The zero-order chi connectivity index (χ0) is 39.5. The van der Waals surface area contributed by atoms with E-state index >= 15 is 0 Å². The van der Waals surface area contributed by atoms with Gasteiger partial charge in [0, 0.05) is 37.5 Å². The molecule has 0 radical (unpaired) electrons. The highest BCUT2D eigenvalue weighted by atomic mass is 19.4. The molecule has 4 aromatic rings.